The van der Waals surface area contributed by atoms with Gasteiger partial charge in [-0.15, -0.1) is 0 Å². The number of aliphatic imine (C=N–C) groups is 2. The Bertz CT molecular complexity index is 657. The van der Waals surface area contributed by atoms with Gasteiger partial charge < -0.3 is 20.4 Å². The molecule has 0 aliphatic rings. The molecule has 0 fully saturated rings. The molecule has 6 nitrogen and oxygen atoms in total. The molecule has 0 aromatic heterocycles. The van der Waals surface area contributed by atoms with Crippen molar-refractivity contribution in [2.45, 2.75) is 26.1 Å². The summed E-state index contributed by atoms with van der Waals surface area (Å²) in [7, 11) is 0. The van der Waals surface area contributed by atoms with Crippen molar-refractivity contribution in [3.63, 3.8) is 0 Å². The number of aliphatic hydroxyl groups excluding tert-OH is 2. The van der Waals surface area contributed by atoms with Gasteiger partial charge in [-0.25, -0.2) is 0 Å². The fourth-order valence-electron chi connectivity index (χ4n) is 1.83. The van der Waals surface area contributed by atoms with Crippen LogP contribution in [0.15, 0.2) is 58.5 Å². The van der Waals surface area contributed by atoms with Crippen molar-refractivity contribution < 1.29 is 37.5 Å². The predicted molar refractivity (Wildman–Crippen MR) is 107 cm³/mol. The van der Waals surface area contributed by atoms with Crippen molar-refractivity contribution >= 4 is 12.4 Å². The summed E-state index contributed by atoms with van der Waals surface area (Å²) < 4.78 is 0. The fraction of sp³-hybridized carbons (Fsp3) is 0.300. The minimum Gasteiger partial charge on any atom is -0.593 e. The molecule has 0 spiro atoms. The number of hydrogen-bond donors (Lipinski definition) is 2. The van der Waals surface area contributed by atoms with E-state index in [1.54, 1.807) is 38.4 Å². The molecule has 0 bridgehead atoms. The number of benzene rings is 2. The van der Waals surface area contributed by atoms with Crippen molar-refractivity contribution in [3.05, 3.63) is 59.7 Å². The summed E-state index contributed by atoms with van der Waals surface area (Å²) in [5, 5.41) is 32.9. The number of hydrogen-bond acceptors (Lipinski definition) is 4. The van der Waals surface area contributed by atoms with Crippen molar-refractivity contribution in [3.8, 4) is 11.5 Å². The molecular weight excluding hydrogens is 396 g/mol. The van der Waals surface area contributed by atoms with Gasteiger partial charge in [0.2, 0.25) is 0 Å². The average Bonchev–Trinajstić information content (AvgIpc) is 2.58. The summed E-state index contributed by atoms with van der Waals surface area (Å²) in [6, 6.07) is 14.4. The van der Waals surface area contributed by atoms with Crippen molar-refractivity contribution in [2.75, 3.05) is 13.1 Å². The van der Waals surface area contributed by atoms with Crippen LogP contribution in [0.25, 0.3) is 0 Å². The quantitative estimate of drug-likeness (QED) is 0.419. The van der Waals surface area contributed by atoms with Gasteiger partial charge in [0.25, 0.3) is 11.5 Å². The zero-order chi connectivity index (χ0) is 19.4. The minimum atomic E-state index is -0.422. The second-order valence-corrected chi connectivity index (χ2v) is 5.86. The summed E-state index contributed by atoms with van der Waals surface area (Å²) >= 11 is 0. The summed E-state index contributed by atoms with van der Waals surface area (Å²) in [6.45, 7) is 4.14. The van der Waals surface area contributed by atoms with Gasteiger partial charge in [-0.1, -0.05) is 24.3 Å². The first-order valence-corrected chi connectivity index (χ1v) is 8.37. The Morgan fingerprint density at radius 2 is 1.11 bits per heavy atom. The van der Waals surface area contributed by atoms with Crippen LogP contribution in [0.3, 0.4) is 0 Å². The van der Waals surface area contributed by atoms with E-state index in [1.165, 1.54) is 0 Å². The van der Waals surface area contributed by atoms with Crippen LogP contribution < -0.4 is 0 Å². The van der Waals surface area contributed by atoms with Crippen LogP contribution in [0.1, 0.15) is 25.0 Å². The van der Waals surface area contributed by atoms with Gasteiger partial charge in [0.05, 0.1) is 36.4 Å². The van der Waals surface area contributed by atoms with E-state index >= 15 is 0 Å². The first-order chi connectivity index (χ1) is 12.4. The Balaban J connectivity index is 0.000000483. The molecule has 2 atom stereocenters. The summed E-state index contributed by atoms with van der Waals surface area (Å²) in [5.41, 5.74) is 1.56. The Labute approximate surface area is 170 Å². The van der Waals surface area contributed by atoms with E-state index in [9.17, 15) is 0 Å². The van der Waals surface area contributed by atoms with E-state index in [4.69, 9.17) is 20.4 Å². The van der Waals surface area contributed by atoms with Crippen molar-refractivity contribution in [2.24, 2.45) is 9.98 Å². The van der Waals surface area contributed by atoms with Crippen molar-refractivity contribution in [1.82, 2.24) is 0 Å². The second kappa shape index (κ2) is 13.9. The topological polar surface area (TPSA) is 111 Å². The standard InChI is InChI=1S/2C10H13NO2.Cu/c2*1-8(12)6-11-7-9-4-2-3-5-10(9)13;/h2*2-5,7-8,12-13H,6H2,1H3;/q;;+2/p+2. The molecule has 7 heteroatoms. The van der Waals surface area contributed by atoms with Gasteiger partial charge in [0.15, 0.2) is 0 Å². The van der Waals surface area contributed by atoms with Crippen LogP contribution in [0.2, 0.25) is 0 Å². The molecule has 27 heavy (non-hydrogen) atoms. The van der Waals surface area contributed by atoms with Crippen LogP contribution in [-0.4, -0.2) is 58.2 Å². The van der Waals surface area contributed by atoms with Gasteiger partial charge in [-0.05, 0) is 26.0 Å². The van der Waals surface area contributed by atoms with Crippen LogP contribution in [0.5, 0.6) is 11.5 Å². The fourth-order valence-corrected chi connectivity index (χ4v) is 1.83. The van der Waals surface area contributed by atoms with E-state index in [2.05, 4.69) is 9.98 Å². The number of nitrogens with zero attached hydrogens (tertiary/aromatic N) is 2. The zero-order valence-electron chi connectivity index (χ0n) is 15.4. The van der Waals surface area contributed by atoms with Gasteiger partial charge in [0, 0.05) is 24.6 Å². The maximum atomic E-state index is 8.94. The first-order valence-electron chi connectivity index (χ1n) is 8.37. The Morgan fingerprint density at radius 3 is 1.41 bits per heavy atom. The maximum absolute atomic E-state index is 8.94. The van der Waals surface area contributed by atoms with Crippen molar-refractivity contribution in [1.29, 1.82) is 0 Å². The number of rotatable bonds is 6. The van der Waals surface area contributed by atoms with Crippen LogP contribution >= 0.6 is 0 Å². The summed E-state index contributed by atoms with van der Waals surface area (Å²) in [6.07, 6.45) is 2.40. The Morgan fingerprint density at radius 1 is 0.778 bits per heavy atom. The van der Waals surface area contributed by atoms with Crippen LogP contribution in [0, 0.1) is 0 Å². The van der Waals surface area contributed by atoms with E-state index in [-0.39, 0.29) is 17.1 Å². The third-order valence-electron chi connectivity index (χ3n) is 3.12. The zero-order valence-corrected chi connectivity index (χ0v) is 16.4. The molecule has 6 N–H and O–H groups in total. The van der Waals surface area contributed by atoms with Gasteiger partial charge in [-0.3, -0.25) is 9.98 Å². The smallest absolute Gasteiger partial charge is 0.593 e. The predicted octanol–water partition coefficient (Wildman–Crippen LogP) is 1.85. The second-order valence-electron chi connectivity index (χ2n) is 5.86. The Kier molecular flexibility index (Phi) is 12.8. The molecule has 149 valence electrons. The Hall–Kier alpha value is -2.18. The minimum absolute atomic E-state index is 0. The first kappa shape index (κ1) is 24.8. The summed E-state index contributed by atoms with van der Waals surface area (Å²) in [5.74, 6) is 0.911. The molecule has 0 saturated heterocycles. The molecule has 1 radical (unpaired) electrons. The monoisotopic (exact) mass is 423 g/mol. The van der Waals surface area contributed by atoms with E-state index in [1.807, 2.05) is 36.4 Å². The molecule has 2 aromatic rings. The van der Waals surface area contributed by atoms with E-state index < -0.39 is 12.2 Å². The van der Waals surface area contributed by atoms with Gasteiger partial charge in [-0.2, -0.15) is 0 Å². The number of aliphatic hydroxyl groups is 2. The number of para-hydroxylation sites is 2. The normalized spacial score (nSPS) is 12.9. The van der Waals surface area contributed by atoms with Gasteiger partial charge >= 0.3 is 17.1 Å². The molecule has 0 aliphatic heterocycles. The molecule has 2 unspecified atom stereocenters. The third-order valence-corrected chi connectivity index (χ3v) is 3.12. The van der Waals surface area contributed by atoms with Crippen LogP contribution in [-0.2, 0) is 17.1 Å². The average molecular weight is 424 g/mol. The molecule has 0 saturated carbocycles. The van der Waals surface area contributed by atoms with E-state index in [0.29, 0.717) is 24.6 Å². The van der Waals surface area contributed by atoms with E-state index in [0.717, 1.165) is 11.1 Å². The van der Waals surface area contributed by atoms with Gasteiger partial charge in [0.1, 0.15) is 0 Å². The largest absolute Gasteiger partial charge is 2.00 e. The van der Waals surface area contributed by atoms with Crippen LogP contribution in [0.4, 0.5) is 0 Å². The SMILES string of the molecule is CC(O)CN=Cc1ccccc1[OH2+].CC(O)CN=Cc1ccccc1[OH2+].[Cu+2]. The third kappa shape index (κ3) is 11.2. The molecule has 0 aliphatic carbocycles. The molecule has 0 amide bonds. The summed E-state index contributed by atoms with van der Waals surface area (Å²) in [4.78, 5) is 8.01. The molecule has 2 rings (SSSR count). The molecule has 0 heterocycles. The molecule has 2 aromatic carbocycles. The molecular formula is C20H28CuN2O4+4. The maximum Gasteiger partial charge on any atom is 2.00 e.